The Morgan fingerprint density at radius 2 is 2.00 bits per heavy atom. The van der Waals surface area contributed by atoms with Crippen molar-refractivity contribution >= 4 is 5.97 Å². The number of unbranched alkanes of at least 4 members (excludes halogenated alkanes) is 1. The van der Waals surface area contributed by atoms with Crippen LogP contribution in [0.1, 0.15) is 38.0 Å². The zero-order chi connectivity index (χ0) is 12.5. The van der Waals surface area contributed by atoms with Gasteiger partial charge in [0.15, 0.2) is 0 Å². The first-order valence-electron chi connectivity index (χ1n) is 5.83. The second-order valence-electron chi connectivity index (χ2n) is 3.64. The average Bonchev–Trinajstić information content (AvgIpc) is 2.73. The van der Waals surface area contributed by atoms with Crippen molar-refractivity contribution in [2.24, 2.45) is 0 Å². The quantitative estimate of drug-likeness (QED) is 0.659. The number of carboxylic acid groups (broad SMARTS) is 1. The van der Waals surface area contributed by atoms with E-state index in [0.717, 1.165) is 6.42 Å². The fourth-order valence-electron chi connectivity index (χ4n) is 1.35. The van der Waals surface area contributed by atoms with E-state index in [1.807, 2.05) is 6.92 Å². The van der Waals surface area contributed by atoms with Crippen molar-refractivity contribution in [2.45, 2.75) is 39.0 Å². The molecule has 1 heterocycles. The molecule has 6 heteroatoms. The van der Waals surface area contributed by atoms with Crippen LogP contribution in [0.3, 0.4) is 0 Å². The summed E-state index contributed by atoms with van der Waals surface area (Å²) in [6.45, 7) is 3.19. The Hall–Kier alpha value is -1.43. The van der Waals surface area contributed by atoms with Crippen LogP contribution in [0.4, 0.5) is 0 Å². The number of aryl methyl sites for hydroxylation is 1. The number of hydrogen-bond donors (Lipinski definition) is 1. The van der Waals surface area contributed by atoms with Crippen molar-refractivity contribution < 1.29 is 19.1 Å². The van der Waals surface area contributed by atoms with Gasteiger partial charge in [-0.05, 0) is 19.8 Å². The lowest BCUT2D eigenvalue weighted by Gasteiger charge is -1.96. The van der Waals surface area contributed by atoms with Crippen LogP contribution in [0, 0.1) is 0 Å². The number of ether oxygens (including phenoxy) is 1. The van der Waals surface area contributed by atoms with Gasteiger partial charge in [-0.2, -0.15) is 0 Å². The Kier molecular flexibility index (Phi) is 6.24. The first-order chi connectivity index (χ1) is 8.22. The minimum Gasteiger partial charge on any atom is -0.481 e. The van der Waals surface area contributed by atoms with Gasteiger partial charge in [0.1, 0.15) is 0 Å². The molecule has 1 aromatic rings. The zero-order valence-electron chi connectivity index (χ0n) is 10.0. The molecule has 0 saturated heterocycles. The van der Waals surface area contributed by atoms with Crippen LogP contribution >= 0.6 is 0 Å². The standard InChI is InChI=1S/C11H18N2O4/c1-2-16-8-7-10-13-12-9(17-10)5-3-4-6-11(14)15/h2-8H2,1H3,(H,14,15). The lowest BCUT2D eigenvalue weighted by Crippen LogP contribution is -1.97. The first-order valence-corrected chi connectivity index (χ1v) is 5.83. The van der Waals surface area contributed by atoms with Gasteiger partial charge in [-0.3, -0.25) is 4.79 Å². The molecule has 0 unspecified atom stereocenters. The summed E-state index contributed by atoms with van der Waals surface area (Å²) in [5, 5.41) is 16.3. The van der Waals surface area contributed by atoms with Gasteiger partial charge in [0.05, 0.1) is 6.61 Å². The molecule has 0 bridgehead atoms. The summed E-state index contributed by atoms with van der Waals surface area (Å²) in [4.78, 5) is 10.3. The van der Waals surface area contributed by atoms with Gasteiger partial charge >= 0.3 is 5.97 Å². The fraction of sp³-hybridized carbons (Fsp3) is 0.727. The van der Waals surface area contributed by atoms with E-state index < -0.39 is 5.97 Å². The van der Waals surface area contributed by atoms with E-state index in [1.54, 1.807) is 0 Å². The molecule has 0 spiro atoms. The number of rotatable bonds is 9. The van der Waals surface area contributed by atoms with Crippen molar-refractivity contribution in [3.8, 4) is 0 Å². The topological polar surface area (TPSA) is 85.5 Å². The van der Waals surface area contributed by atoms with Crippen molar-refractivity contribution in [3.05, 3.63) is 11.8 Å². The molecule has 96 valence electrons. The maximum atomic E-state index is 10.3. The summed E-state index contributed by atoms with van der Waals surface area (Å²) >= 11 is 0. The zero-order valence-corrected chi connectivity index (χ0v) is 10.0. The highest BCUT2D eigenvalue weighted by Gasteiger charge is 2.06. The Labute approximate surface area is 100.0 Å². The predicted molar refractivity (Wildman–Crippen MR) is 59.7 cm³/mol. The summed E-state index contributed by atoms with van der Waals surface area (Å²) in [6, 6.07) is 0. The minimum absolute atomic E-state index is 0.186. The number of aromatic nitrogens is 2. The van der Waals surface area contributed by atoms with E-state index in [-0.39, 0.29) is 6.42 Å². The lowest BCUT2D eigenvalue weighted by atomic mass is 10.2. The highest BCUT2D eigenvalue weighted by Crippen LogP contribution is 2.06. The molecular formula is C11H18N2O4. The van der Waals surface area contributed by atoms with Gasteiger partial charge in [0.2, 0.25) is 11.8 Å². The number of hydrogen-bond acceptors (Lipinski definition) is 5. The number of nitrogens with zero attached hydrogens (tertiary/aromatic N) is 2. The minimum atomic E-state index is -0.770. The van der Waals surface area contributed by atoms with Gasteiger partial charge in [0.25, 0.3) is 0 Å². The molecule has 1 aromatic heterocycles. The molecule has 1 rings (SSSR count). The van der Waals surface area contributed by atoms with Crippen LogP contribution in [0.25, 0.3) is 0 Å². The molecule has 0 aliphatic carbocycles. The normalized spacial score (nSPS) is 10.6. The van der Waals surface area contributed by atoms with E-state index in [1.165, 1.54) is 0 Å². The van der Waals surface area contributed by atoms with Crippen molar-refractivity contribution in [3.63, 3.8) is 0 Å². The fourth-order valence-corrected chi connectivity index (χ4v) is 1.35. The maximum absolute atomic E-state index is 10.3. The molecule has 0 fully saturated rings. The summed E-state index contributed by atoms with van der Waals surface area (Å²) in [5.41, 5.74) is 0. The Morgan fingerprint density at radius 1 is 1.29 bits per heavy atom. The van der Waals surface area contributed by atoms with E-state index in [9.17, 15) is 4.79 Å². The van der Waals surface area contributed by atoms with Crippen LogP contribution in [-0.2, 0) is 22.4 Å². The predicted octanol–water partition coefficient (Wildman–Crippen LogP) is 1.45. The summed E-state index contributed by atoms with van der Waals surface area (Å²) in [7, 11) is 0. The average molecular weight is 242 g/mol. The van der Waals surface area contributed by atoms with E-state index in [0.29, 0.717) is 44.3 Å². The van der Waals surface area contributed by atoms with Crippen LogP contribution in [0.15, 0.2) is 4.42 Å². The van der Waals surface area contributed by atoms with Crippen molar-refractivity contribution in [1.82, 2.24) is 10.2 Å². The largest absolute Gasteiger partial charge is 0.481 e. The number of carbonyl (C=O) groups is 1. The maximum Gasteiger partial charge on any atom is 0.303 e. The highest BCUT2D eigenvalue weighted by molar-refractivity contribution is 5.66. The SMILES string of the molecule is CCOCCc1nnc(CCCCC(=O)O)o1. The monoisotopic (exact) mass is 242 g/mol. The molecule has 17 heavy (non-hydrogen) atoms. The molecule has 0 saturated carbocycles. The van der Waals surface area contributed by atoms with Crippen LogP contribution in [0.5, 0.6) is 0 Å². The molecule has 1 N–H and O–H groups in total. The van der Waals surface area contributed by atoms with E-state index >= 15 is 0 Å². The first kappa shape index (κ1) is 13.6. The van der Waals surface area contributed by atoms with Gasteiger partial charge < -0.3 is 14.3 Å². The summed E-state index contributed by atoms with van der Waals surface area (Å²) in [6.07, 6.45) is 2.82. The third-order valence-electron chi connectivity index (χ3n) is 2.20. The van der Waals surface area contributed by atoms with Gasteiger partial charge in [0, 0.05) is 25.9 Å². The number of carboxylic acids is 1. The molecule has 0 atom stereocenters. The van der Waals surface area contributed by atoms with E-state index in [2.05, 4.69) is 10.2 Å². The third-order valence-corrected chi connectivity index (χ3v) is 2.20. The van der Waals surface area contributed by atoms with E-state index in [4.69, 9.17) is 14.3 Å². The molecule has 6 nitrogen and oxygen atoms in total. The van der Waals surface area contributed by atoms with Crippen LogP contribution in [-0.4, -0.2) is 34.5 Å². The second kappa shape index (κ2) is 7.78. The van der Waals surface area contributed by atoms with Crippen molar-refractivity contribution in [2.75, 3.05) is 13.2 Å². The molecule has 0 aliphatic rings. The molecule has 0 amide bonds. The van der Waals surface area contributed by atoms with Crippen molar-refractivity contribution in [1.29, 1.82) is 0 Å². The Bertz CT molecular complexity index is 338. The van der Waals surface area contributed by atoms with Gasteiger partial charge in [-0.1, -0.05) is 0 Å². The van der Waals surface area contributed by atoms with Gasteiger partial charge in [-0.25, -0.2) is 0 Å². The highest BCUT2D eigenvalue weighted by atomic mass is 16.5. The Morgan fingerprint density at radius 3 is 2.65 bits per heavy atom. The molecule has 0 radical (unpaired) electrons. The lowest BCUT2D eigenvalue weighted by molar-refractivity contribution is -0.137. The molecule has 0 aliphatic heterocycles. The summed E-state index contributed by atoms with van der Waals surface area (Å²) in [5.74, 6) is 0.376. The second-order valence-corrected chi connectivity index (χ2v) is 3.64. The third kappa shape index (κ3) is 6.01. The smallest absolute Gasteiger partial charge is 0.303 e. The molecule has 0 aromatic carbocycles. The number of aliphatic carboxylic acids is 1. The van der Waals surface area contributed by atoms with Gasteiger partial charge in [-0.15, -0.1) is 10.2 Å². The molecular weight excluding hydrogens is 224 g/mol. The Balaban J connectivity index is 2.18. The van der Waals surface area contributed by atoms with Crippen LogP contribution < -0.4 is 0 Å². The summed E-state index contributed by atoms with van der Waals surface area (Å²) < 4.78 is 10.6. The van der Waals surface area contributed by atoms with Crippen LogP contribution in [0.2, 0.25) is 0 Å².